The van der Waals surface area contributed by atoms with Gasteiger partial charge in [-0.2, -0.15) is 5.10 Å². The molecule has 2 aromatic rings. The fourth-order valence-electron chi connectivity index (χ4n) is 1.93. The van der Waals surface area contributed by atoms with E-state index in [9.17, 15) is 4.79 Å². The van der Waals surface area contributed by atoms with Crippen LogP contribution in [0.5, 0.6) is 0 Å². The topological polar surface area (TPSA) is 54.6 Å². The highest BCUT2D eigenvalue weighted by Gasteiger charge is 2.11. The molecule has 0 aliphatic rings. The van der Waals surface area contributed by atoms with Crippen molar-refractivity contribution < 1.29 is 9.21 Å². The van der Waals surface area contributed by atoms with E-state index in [4.69, 9.17) is 4.42 Å². The van der Waals surface area contributed by atoms with Gasteiger partial charge in [0.2, 0.25) is 0 Å². The van der Waals surface area contributed by atoms with Crippen LogP contribution in [-0.4, -0.2) is 11.6 Å². The number of hydrogen-bond acceptors (Lipinski definition) is 3. The van der Waals surface area contributed by atoms with Gasteiger partial charge in [0.05, 0.1) is 17.5 Å². The van der Waals surface area contributed by atoms with Crippen molar-refractivity contribution in [2.45, 2.75) is 26.7 Å². The van der Waals surface area contributed by atoms with Gasteiger partial charge in [-0.25, -0.2) is 5.43 Å². The lowest BCUT2D eigenvalue weighted by atomic mass is 10.1. The first-order chi connectivity index (χ1) is 9.72. The third-order valence-corrected chi connectivity index (χ3v) is 2.99. The number of furan rings is 1. The number of rotatable bonds is 5. The van der Waals surface area contributed by atoms with Crippen molar-refractivity contribution in [1.82, 2.24) is 5.43 Å². The maximum Gasteiger partial charge on any atom is 0.274 e. The second kappa shape index (κ2) is 6.70. The predicted octanol–water partition coefficient (Wildman–Crippen LogP) is 3.52. The van der Waals surface area contributed by atoms with E-state index >= 15 is 0 Å². The van der Waals surface area contributed by atoms with Gasteiger partial charge in [-0.05, 0) is 25.0 Å². The molecular weight excluding hydrogens is 252 g/mol. The molecule has 2 rings (SSSR count). The normalized spacial score (nSPS) is 11.4. The smallest absolute Gasteiger partial charge is 0.274 e. The molecule has 4 nitrogen and oxygen atoms in total. The molecule has 0 atom stereocenters. The minimum absolute atomic E-state index is 0.249. The quantitative estimate of drug-likeness (QED) is 0.667. The van der Waals surface area contributed by atoms with Crippen molar-refractivity contribution in [3.8, 4) is 0 Å². The van der Waals surface area contributed by atoms with Gasteiger partial charge in [-0.15, -0.1) is 0 Å². The van der Waals surface area contributed by atoms with Crippen LogP contribution in [0.4, 0.5) is 0 Å². The fraction of sp³-hybridized carbons (Fsp3) is 0.250. The van der Waals surface area contributed by atoms with Crippen molar-refractivity contribution in [2.24, 2.45) is 5.10 Å². The zero-order chi connectivity index (χ0) is 14.4. The summed E-state index contributed by atoms with van der Waals surface area (Å²) in [4.78, 5) is 12.0. The Bertz CT molecular complexity index is 600. The Morgan fingerprint density at radius 3 is 2.60 bits per heavy atom. The molecule has 20 heavy (non-hydrogen) atoms. The van der Waals surface area contributed by atoms with E-state index in [0.717, 1.165) is 24.1 Å². The Hall–Kier alpha value is -2.36. The lowest BCUT2D eigenvalue weighted by Gasteiger charge is -2.06. The number of carbonyl (C=O) groups excluding carboxylic acids is 1. The average Bonchev–Trinajstić information content (AvgIpc) is 2.90. The summed E-state index contributed by atoms with van der Waals surface area (Å²) in [5, 5.41) is 4.26. The van der Waals surface area contributed by atoms with Crippen LogP contribution in [0.3, 0.4) is 0 Å². The van der Waals surface area contributed by atoms with E-state index in [0.29, 0.717) is 11.3 Å². The Balaban J connectivity index is 2.14. The van der Waals surface area contributed by atoms with E-state index < -0.39 is 0 Å². The first kappa shape index (κ1) is 14.1. The molecule has 0 spiro atoms. The van der Waals surface area contributed by atoms with Gasteiger partial charge in [-0.1, -0.05) is 43.7 Å². The second-order valence-corrected chi connectivity index (χ2v) is 4.51. The number of hydrogen-bond donors (Lipinski definition) is 1. The van der Waals surface area contributed by atoms with Crippen molar-refractivity contribution in [2.75, 3.05) is 0 Å². The third-order valence-electron chi connectivity index (χ3n) is 2.99. The monoisotopic (exact) mass is 270 g/mol. The van der Waals surface area contributed by atoms with E-state index in [1.165, 1.54) is 6.26 Å². The predicted molar refractivity (Wildman–Crippen MR) is 78.8 cm³/mol. The molecule has 1 heterocycles. The lowest BCUT2D eigenvalue weighted by molar-refractivity contribution is 0.0953. The molecule has 0 saturated carbocycles. The van der Waals surface area contributed by atoms with Crippen LogP contribution < -0.4 is 5.43 Å². The highest BCUT2D eigenvalue weighted by atomic mass is 16.3. The number of hydrazone groups is 1. The fourth-order valence-corrected chi connectivity index (χ4v) is 1.93. The van der Waals surface area contributed by atoms with Crippen molar-refractivity contribution in [3.05, 3.63) is 59.5 Å². The highest BCUT2D eigenvalue weighted by molar-refractivity contribution is 6.02. The van der Waals surface area contributed by atoms with Crippen molar-refractivity contribution >= 4 is 11.6 Å². The van der Waals surface area contributed by atoms with Crippen molar-refractivity contribution in [3.63, 3.8) is 0 Å². The zero-order valence-electron chi connectivity index (χ0n) is 11.7. The number of aryl methyl sites for hydroxylation is 1. The Morgan fingerprint density at radius 2 is 2.00 bits per heavy atom. The first-order valence-electron chi connectivity index (χ1n) is 6.68. The first-order valence-corrected chi connectivity index (χ1v) is 6.68. The number of amides is 1. The van der Waals surface area contributed by atoms with Crippen molar-refractivity contribution in [1.29, 1.82) is 0 Å². The molecule has 4 heteroatoms. The summed E-state index contributed by atoms with van der Waals surface area (Å²) in [6, 6.07) is 11.5. The second-order valence-electron chi connectivity index (χ2n) is 4.51. The molecule has 1 N–H and O–H groups in total. The summed E-state index contributed by atoms with van der Waals surface area (Å²) in [5.41, 5.74) is 5.01. The van der Waals surface area contributed by atoms with E-state index in [1.807, 2.05) is 30.3 Å². The summed E-state index contributed by atoms with van der Waals surface area (Å²) in [7, 11) is 0. The SMILES string of the molecule is CCC/C(=N\NC(=O)c1ccoc1C)c1ccccc1. The molecule has 1 amide bonds. The Morgan fingerprint density at radius 1 is 1.25 bits per heavy atom. The van der Waals surface area contributed by atoms with Gasteiger partial charge in [0.25, 0.3) is 5.91 Å². The molecule has 0 aliphatic carbocycles. The number of benzene rings is 1. The minimum Gasteiger partial charge on any atom is -0.469 e. The molecule has 0 fully saturated rings. The standard InChI is InChI=1S/C16H18N2O2/c1-3-7-15(13-8-5-4-6-9-13)17-18-16(19)14-10-11-20-12(14)2/h4-6,8-11H,3,7H2,1-2H3,(H,18,19)/b17-15+. The molecule has 0 saturated heterocycles. The molecule has 1 aromatic carbocycles. The van der Waals surface area contributed by atoms with Crippen LogP contribution in [0.1, 0.15) is 41.4 Å². The largest absolute Gasteiger partial charge is 0.469 e. The summed E-state index contributed by atoms with van der Waals surface area (Å²) in [6.07, 6.45) is 3.28. The van der Waals surface area contributed by atoms with E-state index in [-0.39, 0.29) is 5.91 Å². The summed E-state index contributed by atoms with van der Waals surface area (Å²) < 4.78 is 5.12. The molecule has 0 radical (unpaired) electrons. The van der Waals surface area contributed by atoms with Crippen LogP contribution >= 0.6 is 0 Å². The summed E-state index contributed by atoms with van der Waals surface area (Å²) in [5.74, 6) is 0.343. The molecule has 0 unspecified atom stereocenters. The van der Waals surface area contributed by atoms with Gasteiger partial charge < -0.3 is 4.42 Å². The van der Waals surface area contributed by atoms with Crippen LogP contribution in [0.2, 0.25) is 0 Å². The van der Waals surface area contributed by atoms with Crippen LogP contribution in [0.15, 0.2) is 52.2 Å². The number of nitrogens with zero attached hydrogens (tertiary/aromatic N) is 1. The van der Waals surface area contributed by atoms with Crippen LogP contribution in [0, 0.1) is 6.92 Å². The Labute approximate surface area is 118 Å². The molecule has 104 valence electrons. The Kier molecular flexibility index (Phi) is 4.71. The minimum atomic E-state index is -0.249. The summed E-state index contributed by atoms with van der Waals surface area (Å²) >= 11 is 0. The average molecular weight is 270 g/mol. The number of nitrogens with one attached hydrogen (secondary N) is 1. The molecule has 0 aliphatic heterocycles. The number of carbonyl (C=O) groups is 1. The van der Waals surface area contributed by atoms with Gasteiger partial charge in [-0.3, -0.25) is 4.79 Å². The van der Waals surface area contributed by atoms with Gasteiger partial charge in [0.1, 0.15) is 5.76 Å². The zero-order valence-corrected chi connectivity index (χ0v) is 11.7. The van der Waals surface area contributed by atoms with Crippen LogP contribution in [-0.2, 0) is 0 Å². The lowest BCUT2D eigenvalue weighted by Crippen LogP contribution is -2.20. The van der Waals surface area contributed by atoms with Gasteiger partial charge in [0, 0.05) is 0 Å². The van der Waals surface area contributed by atoms with E-state index in [2.05, 4.69) is 17.5 Å². The third kappa shape index (κ3) is 3.35. The molecular formula is C16H18N2O2. The maximum atomic E-state index is 12.0. The maximum absolute atomic E-state index is 12.0. The van der Waals surface area contributed by atoms with Crippen LogP contribution in [0.25, 0.3) is 0 Å². The van der Waals surface area contributed by atoms with Gasteiger partial charge in [0.15, 0.2) is 0 Å². The molecule has 0 bridgehead atoms. The van der Waals surface area contributed by atoms with Gasteiger partial charge >= 0.3 is 0 Å². The highest BCUT2D eigenvalue weighted by Crippen LogP contribution is 2.09. The summed E-state index contributed by atoms with van der Waals surface area (Å²) in [6.45, 7) is 3.84. The van der Waals surface area contributed by atoms with E-state index in [1.54, 1.807) is 13.0 Å². The molecule has 1 aromatic heterocycles.